The smallest absolute Gasteiger partial charge is 0.319 e. The van der Waals surface area contributed by atoms with Crippen molar-refractivity contribution in [2.75, 3.05) is 18.5 Å². The zero-order valence-corrected chi connectivity index (χ0v) is 25.0. The molecule has 234 valence electrons. The number of carbonyl (C=O) groups excluding carboxylic acids is 1. The molecule has 0 fully saturated rings. The number of pyridine rings is 1. The summed E-state index contributed by atoms with van der Waals surface area (Å²) in [6.45, 7) is 4.41. The van der Waals surface area contributed by atoms with Gasteiger partial charge in [0.2, 0.25) is 0 Å². The van der Waals surface area contributed by atoms with Crippen molar-refractivity contribution < 1.29 is 34.4 Å². The van der Waals surface area contributed by atoms with Gasteiger partial charge in [-0.15, -0.1) is 0 Å². The molecule has 0 bridgehead atoms. The Labute approximate surface area is 256 Å². The number of aromatic nitrogens is 1. The minimum Gasteiger partial charge on any atom is -0.481 e. The molecule has 0 spiro atoms. The minimum absolute atomic E-state index is 0.00963. The van der Waals surface area contributed by atoms with Crippen molar-refractivity contribution in [2.45, 2.75) is 70.5 Å². The maximum absolute atomic E-state index is 14.0. The predicted molar refractivity (Wildman–Crippen MR) is 167 cm³/mol. The fourth-order valence-electron chi connectivity index (χ4n) is 5.52. The predicted octanol–water partition coefficient (Wildman–Crippen LogP) is 4.80. The maximum Gasteiger partial charge on any atom is 0.319 e. The van der Waals surface area contributed by atoms with Gasteiger partial charge in [-0.25, -0.2) is 9.18 Å². The topological polar surface area (TPSA) is 152 Å². The molecule has 1 aromatic heterocycles. The molecule has 0 aliphatic heterocycles. The first-order chi connectivity index (χ1) is 21.0. The lowest BCUT2D eigenvalue weighted by Gasteiger charge is -2.22. The highest BCUT2D eigenvalue weighted by molar-refractivity contribution is 5.89. The van der Waals surface area contributed by atoms with Gasteiger partial charge in [0.1, 0.15) is 5.82 Å². The van der Waals surface area contributed by atoms with Gasteiger partial charge in [-0.05, 0) is 77.3 Å². The third-order valence-corrected chi connectivity index (χ3v) is 7.62. The third kappa shape index (κ3) is 8.49. The average molecular weight is 606 g/mol. The molecule has 1 heterocycles. The average Bonchev–Trinajstić information content (AvgIpc) is 3.14. The second-order valence-corrected chi connectivity index (χ2v) is 11.4. The summed E-state index contributed by atoms with van der Waals surface area (Å²) in [6.07, 6.45) is 2.79. The number of halogens is 1. The maximum atomic E-state index is 14.0. The Kier molecular flexibility index (Phi) is 11.2. The number of fused-ring (bicyclic) bond motifs is 2. The van der Waals surface area contributed by atoms with Crippen LogP contribution in [0.15, 0.2) is 48.5 Å². The van der Waals surface area contributed by atoms with Crippen LogP contribution in [0.2, 0.25) is 0 Å². The summed E-state index contributed by atoms with van der Waals surface area (Å²) in [5.41, 5.74) is 7.89. The van der Waals surface area contributed by atoms with Gasteiger partial charge in [0.15, 0.2) is 0 Å². The van der Waals surface area contributed by atoms with Crippen molar-refractivity contribution in [1.29, 1.82) is 0 Å². The molecule has 2 amide bonds. The largest absolute Gasteiger partial charge is 0.481 e. The van der Waals surface area contributed by atoms with Crippen molar-refractivity contribution in [1.82, 2.24) is 10.3 Å². The first kappa shape index (κ1) is 32.8. The van der Waals surface area contributed by atoms with Gasteiger partial charge in [-0.1, -0.05) is 44.2 Å². The molecule has 1 aliphatic rings. The van der Waals surface area contributed by atoms with Crippen LogP contribution >= 0.6 is 0 Å². The number of hydrogen-bond donors (Lipinski definition) is 6. The molecule has 2 atom stereocenters. The summed E-state index contributed by atoms with van der Waals surface area (Å²) < 4.78 is 14.0. The molecule has 0 unspecified atom stereocenters. The lowest BCUT2D eigenvalue weighted by molar-refractivity contribution is -0.139. The van der Waals surface area contributed by atoms with E-state index in [1.807, 2.05) is 32.0 Å². The number of rotatable bonds is 12. The van der Waals surface area contributed by atoms with Gasteiger partial charge < -0.3 is 31.1 Å². The molecule has 0 radical (unpaired) electrons. The van der Waals surface area contributed by atoms with E-state index in [9.17, 15) is 24.2 Å². The second kappa shape index (κ2) is 15.1. The molecular formula is C34H40FN3O6. The van der Waals surface area contributed by atoms with E-state index >= 15 is 0 Å². The number of nitrogens with zero attached hydrogens (tertiary/aromatic N) is 1. The fourth-order valence-corrected chi connectivity index (χ4v) is 5.52. The monoisotopic (exact) mass is 605 g/mol. The van der Waals surface area contributed by atoms with Crippen LogP contribution in [0.4, 0.5) is 14.9 Å². The van der Waals surface area contributed by atoms with Gasteiger partial charge in [0.05, 0.1) is 24.3 Å². The number of aliphatic hydroxyl groups is 3. The summed E-state index contributed by atoms with van der Waals surface area (Å²) in [6, 6.07) is 11.7. The SMILES string of the molecule is CC(C)c1nc2c(c(-c3ccc(F)cc3)c1C=C[C@@H](O)C[C@@H](O)CC(=O)O)Cc1cc(NC(=O)NCCCO)ccc1CC2. The lowest BCUT2D eigenvalue weighted by Crippen LogP contribution is -2.29. The van der Waals surface area contributed by atoms with Crippen LogP contribution in [0.5, 0.6) is 0 Å². The molecule has 1 aliphatic carbocycles. The Balaban J connectivity index is 1.78. The first-order valence-corrected chi connectivity index (χ1v) is 14.9. The number of aliphatic hydroxyl groups excluding tert-OH is 3. The van der Waals surface area contributed by atoms with Crippen LogP contribution in [-0.2, 0) is 24.1 Å². The van der Waals surface area contributed by atoms with Gasteiger partial charge in [-0.3, -0.25) is 9.78 Å². The zero-order valence-electron chi connectivity index (χ0n) is 25.0. The second-order valence-electron chi connectivity index (χ2n) is 11.4. The molecule has 0 saturated heterocycles. The molecule has 9 nitrogen and oxygen atoms in total. The van der Waals surface area contributed by atoms with Gasteiger partial charge in [-0.2, -0.15) is 0 Å². The van der Waals surface area contributed by atoms with Crippen molar-refractivity contribution >= 4 is 23.8 Å². The van der Waals surface area contributed by atoms with Gasteiger partial charge in [0.25, 0.3) is 0 Å². The Morgan fingerprint density at radius 3 is 2.50 bits per heavy atom. The van der Waals surface area contributed by atoms with E-state index in [-0.39, 0.29) is 30.8 Å². The van der Waals surface area contributed by atoms with Crippen molar-refractivity contribution in [3.05, 3.63) is 88.0 Å². The van der Waals surface area contributed by atoms with E-state index in [0.717, 1.165) is 51.2 Å². The molecule has 3 aromatic rings. The van der Waals surface area contributed by atoms with Crippen molar-refractivity contribution in [2.24, 2.45) is 0 Å². The van der Waals surface area contributed by atoms with Crippen LogP contribution in [-0.4, -0.2) is 62.8 Å². The third-order valence-electron chi connectivity index (χ3n) is 7.62. The summed E-state index contributed by atoms with van der Waals surface area (Å²) in [7, 11) is 0. The Morgan fingerprint density at radius 2 is 1.82 bits per heavy atom. The van der Waals surface area contributed by atoms with E-state index in [1.54, 1.807) is 18.2 Å². The van der Waals surface area contributed by atoms with Crippen LogP contribution in [0.1, 0.15) is 72.7 Å². The lowest BCUT2D eigenvalue weighted by atomic mass is 9.86. The number of urea groups is 1. The molecule has 6 N–H and O–H groups in total. The number of hydrogen-bond acceptors (Lipinski definition) is 6. The van der Waals surface area contributed by atoms with Crippen molar-refractivity contribution in [3.63, 3.8) is 0 Å². The molecule has 10 heteroatoms. The van der Waals surface area contributed by atoms with Crippen LogP contribution in [0.3, 0.4) is 0 Å². The quantitative estimate of drug-likeness (QED) is 0.162. The molecule has 2 aromatic carbocycles. The number of aryl methyl sites for hydroxylation is 2. The minimum atomic E-state index is -1.20. The van der Waals surface area contributed by atoms with E-state index in [0.29, 0.717) is 31.5 Å². The molecule has 0 saturated carbocycles. The summed E-state index contributed by atoms with van der Waals surface area (Å²) >= 11 is 0. The zero-order chi connectivity index (χ0) is 31.8. The van der Waals surface area contributed by atoms with E-state index < -0.39 is 24.6 Å². The normalized spacial score (nSPS) is 14.1. The molecular weight excluding hydrogens is 565 g/mol. The number of amides is 2. The Hall–Kier alpha value is -4.12. The Morgan fingerprint density at radius 1 is 1.07 bits per heavy atom. The number of carbonyl (C=O) groups is 2. The number of aliphatic carboxylic acids is 1. The first-order valence-electron chi connectivity index (χ1n) is 14.9. The number of carboxylic acid groups (broad SMARTS) is 1. The highest BCUT2D eigenvalue weighted by Gasteiger charge is 2.25. The number of carboxylic acids is 1. The molecule has 44 heavy (non-hydrogen) atoms. The van der Waals surface area contributed by atoms with Crippen molar-refractivity contribution in [3.8, 4) is 11.1 Å². The number of nitrogens with one attached hydrogen (secondary N) is 2. The fraction of sp³-hybridized carbons (Fsp3) is 0.382. The summed E-state index contributed by atoms with van der Waals surface area (Å²) in [4.78, 5) is 28.4. The number of benzene rings is 2. The van der Waals surface area contributed by atoms with E-state index in [1.165, 1.54) is 18.2 Å². The van der Waals surface area contributed by atoms with Gasteiger partial charge in [0, 0.05) is 42.9 Å². The summed E-state index contributed by atoms with van der Waals surface area (Å²) in [5, 5.41) is 44.2. The van der Waals surface area contributed by atoms with Crippen LogP contribution < -0.4 is 10.6 Å². The van der Waals surface area contributed by atoms with Gasteiger partial charge >= 0.3 is 12.0 Å². The highest BCUT2D eigenvalue weighted by Crippen LogP contribution is 2.39. The van der Waals surface area contributed by atoms with Crippen LogP contribution in [0.25, 0.3) is 17.2 Å². The highest BCUT2D eigenvalue weighted by atomic mass is 19.1. The number of anilines is 1. The summed E-state index contributed by atoms with van der Waals surface area (Å²) in [5.74, 6) is -1.50. The Bertz CT molecular complexity index is 1510. The van der Waals surface area contributed by atoms with E-state index in [2.05, 4.69) is 10.6 Å². The van der Waals surface area contributed by atoms with E-state index in [4.69, 9.17) is 15.2 Å². The molecule has 4 rings (SSSR count). The van der Waals surface area contributed by atoms with Crippen LogP contribution in [0, 0.1) is 5.82 Å². The standard InChI is InChI=1S/C34H40FN3O6/c1-20(2)33-28(12-11-26(40)18-27(41)19-31(42)43)32(22-4-8-24(35)9-5-22)29-17-23-16-25(37-34(44)36-14-3-15-39)10-6-21(23)7-13-30(29)38-33/h4-6,8-12,16,20,26-27,39-41H,3,7,13-15,17-19H2,1-2H3,(H,42,43)(H2,36,37,44)/t26-,27-/m1/s1.